The van der Waals surface area contributed by atoms with Crippen LogP contribution in [0.3, 0.4) is 0 Å². The fourth-order valence-electron chi connectivity index (χ4n) is 1.99. The Morgan fingerprint density at radius 1 is 1.35 bits per heavy atom. The third-order valence-electron chi connectivity index (χ3n) is 2.81. The number of alkyl halides is 1. The van der Waals surface area contributed by atoms with E-state index >= 15 is 0 Å². The fraction of sp³-hybridized carbons (Fsp3) is 0.417. The van der Waals surface area contributed by atoms with Crippen LogP contribution in [-0.4, -0.2) is 30.0 Å². The molecule has 8 heteroatoms. The number of imidazole rings is 1. The maximum atomic E-state index is 11.2. The largest absolute Gasteiger partial charge is 0.327 e. The predicted molar refractivity (Wildman–Crippen MR) is 85.9 cm³/mol. The molecule has 0 radical (unpaired) electrons. The van der Waals surface area contributed by atoms with Gasteiger partial charge in [-0.2, -0.15) is 0 Å². The molecule has 4 nitrogen and oxygen atoms in total. The smallest absolute Gasteiger partial charge is 0.147 e. The van der Waals surface area contributed by atoms with Gasteiger partial charge in [-0.25, -0.2) is 13.4 Å². The molecule has 0 amide bonds. The molecule has 0 unspecified atom stereocenters. The molecule has 0 saturated heterocycles. The van der Waals surface area contributed by atoms with Crippen molar-refractivity contribution in [3.63, 3.8) is 0 Å². The SMILES string of the molecule is CS(=O)(=O)CCCn1c(CCl)nc2cc(Cl)ccc21.Cl. The minimum Gasteiger partial charge on any atom is -0.327 e. The van der Waals surface area contributed by atoms with Gasteiger partial charge in [0, 0.05) is 17.8 Å². The van der Waals surface area contributed by atoms with Crippen molar-refractivity contribution in [2.75, 3.05) is 12.0 Å². The van der Waals surface area contributed by atoms with Gasteiger partial charge in [0.15, 0.2) is 0 Å². The molecule has 1 aromatic carbocycles. The van der Waals surface area contributed by atoms with E-state index in [9.17, 15) is 8.42 Å². The highest BCUT2D eigenvalue weighted by atomic mass is 35.5. The number of nitrogens with zero attached hydrogens (tertiary/aromatic N) is 2. The quantitative estimate of drug-likeness (QED) is 0.772. The number of halogens is 3. The Labute approximate surface area is 134 Å². The van der Waals surface area contributed by atoms with Crippen LogP contribution < -0.4 is 0 Å². The lowest BCUT2D eigenvalue weighted by molar-refractivity contribution is 0.591. The van der Waals surface area contributed by atoms with Gasteiger partial charge in [0.1, 0.15) is 15.7 Å². The van der Waals surface area contributed by atoms with E-state index in [1.165, 1.54) is 6.26 Å². The molecule has 2 aromatic rings. The Balaban J connectivity index is 0.00000200. The molecule has 0 fully saturated rings. The van der Waals surface area contributed by atoms with Gasteiger partial charge in [-0.3, -0.25) is 0 Å². The zero-order valence-electron chi connectivity index (χ0n) is 10.8. The molecule has 1 heterocycles. The second-order valence-electron chi connectivity index (χ2n) is 4.43. The van der Waals surface area contributed by atoms with Crippen LogP contribution in [0.25, 0.3) is 11.0 Å². The molecule has 0 atom stereocenters. The summed E-state index contributed by atoms with van der Waals surface area (Å²) < 4.78 is 24.3. The number of hydrogen-bond acceptors (Lipinski definition) is 3. The summed E-state index contributed by atoms with van der Waals surface area (Å²) in [6, 6.07) is 5.44. The van der Waals surface area contributed by atoms with E-state index in [4.69, 9.17) is 23.2 Å². The molecule has 2 rings (SSSR count). The summed E-state index contributed by atoms with van der Waals surface area (Å²) >= 11 is 11.8. The first-order valence-corrected chi connectivity index (χ1v) is 8.76. The first-order chi connectivity index (χ1) is 8.90. The van der Waals surface area contributed by atoms with Crippen molar-refractivity contribution < 1.29 is 8.42 Å². The fourth-order valence-corrected chi connectivity index (χ4v) is 3.01. The molecule has 0 N–H and O–H groups in total. The average Bonchev–Trinajstić information content (AvgIpc) is 2.65. The van der Waals surface area contributed by atoms with Gasteiger partial charge < -0.3 is 4.57 Å². The molecule has 0 bridgehead atoms. The molecule has 0 aliphatic rings. The normalized spacial score (nSPS) is 11.6. The van der Waals surface area contributed by atoms with E-state index < -0.39 is 9.84 Å². The monoisotopic (exact) mass is 356 g/mol. The molecule has 0 spiro atoms. The van der Waals surface area contributed by atoms with Crippen molar-refractivity contribution in [2.24, 2.45) is 0 Å². The van der Waals surface area contributed by atoms with Crippen molar-refractivity contribution in [3.05, 3.63) is 29.0 Å². The van der Waals surface area contributed by atoms with Crippen LogP contribution in [0.15, 0.2) is 18.2 Å². The number of aryl methyl sites for hydroxylation is 1. The molecular weight excluding hydrogens is 343 g/mol. The van der Waals surface area contributed by atoms with E-state index in [1.54, 1.807) is 12.1 Å². The van der Waals surface area contributed by atoms with Crippen molar-refractivity contribution in [2.45, 2.75) is 18.8 Å². The Morgan fingerprint density at radius 3 is 2.65 bits per heavy atom. The highest BCUT2D eigenvalue weighted by molar-refractivity contribution is 7.90. The summed E-state index contributed by atoms with van der Waals surface area (Å²) in [6.07, 6.45) is 1.78. The third kappa shape index (κ3) is 4.25. The van der Waals surface area contributed by atoms with Crippen molar-refractivity contribution in [1.82, 2.24) is 9.55 Å². The summed E-state index contributed by atoms with van der Waals surface area (Å²) in [7, 11) is -2.94. The van der Waals surface area contributed by atoms with Crippen LogP contribution in [0, 0.1) is 0 Å². The molecule has 0 aliphatic carbocycles. The van der Waals surface area contributed by atoms with E-state index in [-0.39, 0.29) is 24.0 Å². The molecule has 0 saturated carbocycles. The van der Waals surface area contributed by atoms with Gasteiger partial charge in [-0.15, -0.1) is 24.0 Å². The Bertz CT molecular complexity index is 698. The lowest BCUT2D eigenvalue weighted by atomic mass is 10.3. The van der Waals surface area contributed by atoms with Crippen LogP contribution in [-0.2, 0) is 22.3 Å². The summed E-state index contributed by atoms with van der Waals surface area (Å²) in [4.78, 5) is 4.40. The molecular formula is C12H15Cl3N2O2S. The number of rotatable bonds is 5. The summed E-state index contributed by atoms with van der Waals surface area (Å²) in [5, 5.41) is 0.620. The Hall–Kier alpha value is -0.490. The number of hydrogen-bond donors (Lipinski definition) is 0. The summed E-state index contributed by atoms with van der Waals surface area (Å²) in [6.45, 7) is 0.577. The standard InChI is InChI=1S/C12H14Cl2N2O2S.ClH/c1-19(17,18)6-2-5-16-11-4-3-9(14)7-10(11)15-12(16)8-13;/h3-4,7H,2,5-6,8H2,1H3;1H. The number of fused-ring (bicyclic) bond motifs is 1. The van der Waals surface area contributed by atoms with Gasteiger partial charge in [-0.1, -0.05) is 11.6 Å². The van der Waals surface area contributed by atoms with Crippen molar-refractivity contribution >= 4 is 56.5 Å². The van der Waals surface area contributed by atoms with Crippen LogP contribution in [0.1, 0.15) is 12.2 Å². The zero-order valence-corrected chi connectivity index (χ0v) is 14.0. The number of sulfone groups is 1. The van der Waals surface area contributed by atoms with E-state index in [2.05, 4.69) is 4.98 Å². The maximum absolute atomic E-state index is 11.2. The van der Waals surface area contributed by atoms with Crippen molar-refractivity contribution in [1.29, 1.82) is 0 Å². The number of aromatic nitrogens is 2. The van der Waals surface area contributed by atoms with Gasteiger partial charge in [-0.05, 0) is 24.6 Å². The van der Waals surface area contributed by atoms with Crippen molar-refractivity contribution in [3.8, 4) is 0 Å². The molecule has 0 aliphatic heterocycles. The third-order valence-corrected chi connectivity index (χ3v) is 4.31. The minimum absolute atomic E-state index is 0. The zero-order chi connectivity index (χ0) is 14.0. The maximum Gasteiger partial charge on any atom is 0.147 e. The van der Waals surface area contributed by atoms with Crippen LogP contribution in [0.2, 0.25) is 5.02 Å². The van der Waals surface area contributed by atoms with Gasteiger partial charge in [0.05, 0.1) is 22.7 Å². The topological polar surface area (TPSA) is 52.0 Å². The molecule has 1 aromatic heterocycles. The highest BCUT2D eigenvalue weighted by Crippen LogP contribution is 2.21. The summed E-state index contributed by atoms with van der Waals surface area (Å²) in [5.41, 5.74) is 1.70. The lowest BCUT2D eigenvalue weighted by Gasteiger charge is -2.07. The van der Waals surface area contributed by atoms with Crippen LogP contribution in [0.5, 0.6) is 0 Å². The van der Waals surface area contributed by atoms with Crippen LogP contribution >= 0.6 is 35.6 Å². The van der Waals surface area contributed by atoms with Crippen LogP contribution in [0.4, 0.5) is 0 Å². The number of benzene rings is 1. The first-order valence-electron chi connectivity index (χ1n) is 5.79. The molecule has 112 valence electrons. The van der Waals surface area contributed by atoms with Gasteiger partial charge >= 0.3 is 0 Å². The Kier molecular flexibility index (Phi) is 6.13. The highest BCUT2D eigenvalue weighted by Gasteiger charge is 2.11. The minimum atomic E-state index is -2.94. The predicted octanol–water partition coefficient (Wildman–Crippen LogP) is 3.29. The van der Waals surface area contributed by atoms with Gasteiger partial charge in [0.25, 0.3) is 0 Å². The second-order valence-corrected chi connectivity index (χ2v) is 7.39. The second kappa shape index (κ2) is 6.98. The Morgan fingerprint density at radius 2 is 2.05 bits per heavy atom. The summed E-state index contributed by atoms with van der Waals surface area (Å²) in [5.74, 6) is 1.17. The molecule has 20 heavy (non-hydrogen) atoms. The van der Waals surface area contributed by atoms with E-state index in [0.29, 0.717) is 18.0 Å². The first kappa shape index (κ1) is 17.6. The van der Waals surface area contributed by atoms with Gasteiger partial charge in [0.2, 0.25) is 0 Å². The lowest BCUT2D eigenvalue weighted by Crippen LogP contribution is -2.09. The van der Waals surface area contributed by atoms with E-state index in [1.807, 2.05) is 10.6 Å². The van der Waals surface area contributed by atoms with E-state index in [0.717, 1.165) is 16.9 Å². The average molecular weight is 358 g/mol.